The first kappa shape index (κ1) is 18.6. The highest BCUT2D eigenvalue weighted by atomic mass is 19.1. The molecule has 1 N–H and O–H groups in total. The van der Waals surface area contributed by atoms with Crippen LogP contribution in [0.3, 0.4) is 0 Å². The topological polar surface area (TPSA) is 77.3 Å². The van der Waals surface area contributed by atoms with E-state index in [0.717, 1.165) is 16.9 Å². The lowest BCUT2D eigenvalue weighted by Crippen LogP contribution is -2.30. The first-order valence-corrected chi connectivity index (χ1v) is 8.54. The molecule has 1 aromatic heterocycles. The summed E-state index contributed by atoms with van der Waals surface area (Å²) in [5, 5.41) is 6.71. The maximum Gasteiger partial charge on any atom is 0.246 e. The van der Waals surface area contributed by atoms with E-state index in [-0.39, 0.29) is 24.2 Å². The zero-order valence-electron chi connectivity index (χ0n) is 15.1. The zero-order valence-corrected chi connectivity index (χ0v) is 15.1. The number of amides is 1. The molecular weight excluding hydrogens is 349 g/mol. The summed E-state index contributed by atoms with van der Waals surface area (Å²) in [5.41, 5.74) is 1.69. The maximum atomic E-state index is 12.9. The Hall–Kier alpha value is -3.22. The third kappa shape index (κ3) is 4.91. The Balaban J connectivity index is 1.54. The molecule has 2 aromatic carbocycles. The summed E-state index contributed by atoms with van der Waals surface area (Å²) < 4.78 is 23.2. The van der Waals surface area contributed by atoms with Gasteiger partial charge in [-0.25, -0.2) is 4.39 Å². The van der Waals surface area contributed by atoms with Crippen LogP contribution in [0.5, 0.6) is 5.75 Å². The number of carbonyl (C=O) groups is 1. The molecule has 27 heavy (non-hydrogen) atoms. The van der Waals surface area contributed by atoms with Gasteiger partial charge in [-0.1, -0.05) is 24.2 Å². The first-order valence-electron chi connectivity index (χ1n) is 8.54. The molecule has 0 aliphatic heterocycles. The summed E-state index contributed by atoms with van der Waals surface area (Å²) in [6.07, 6.45) is 0.521. The van der Waals surface area contributed by atoms with Crippen molar-refractivity contribution in [2.24, 2.45) is 5.92 Å². The highest BCUT2D eigenvalue weighted by molar-refractivity contribution is 5.78. The van der Waals surface area contributed by atoms with E-state index in [4.69, 9.17) is 9.26 Å². The molecule has 3 aromatic rings. The van der Waals surface area contributed by atoms with Crippen molar-refractivity contribution in [2.75, 3.05) is 7.11 Å². The number of rotatable bonds is 7. The Labute approximate surface area is 156 Å². The Kier molecular flexibility index (Phi) is 5.80. The largest absolute Gasteiger partial charge is 0.497 e. The molecule has 0 spiro atoms. The van der Waals surface area contributed by atoms with E-state index in [9.17, 15) is 9.18 Å². The van der Waals surface area contributed by atoms with Crippen LogP contribution in [0.1, 0.15) is 18.4 Å². The van der Waals surface area contributed by atoms with Crippen LogP contribution in [-0.4, -0.2) is 23.2 Å². The van der Waals surface area contributed by atoms with Crippen LogP contribution in [-0.2, 0) is 17.8 Å². The second-order valence-corrected chi connectivity index (χ2v) is 6.19. The average Bonchev–Trinajstić information content (AvgIpc) is 3.17. The Morgan fingerprint density at radius 3 is 2.56 bits per heavy atom. The van der Waals surface area contributed by atoms with Crippen molar-refractivity contribution in [2.45, 2.75) is 19.9 Å². The van der Waals surface area contributed by atoms with E-state index in [1.807, 2.05) is 31.2 Å². The monoisotopic (exact) mass is 369 g/mol. The van der Waals surface area contributed by atoms with E-state index in [2.05, 4.69) is 15.5 Å². The van der Waals surface area contributed by atoms with Crippen LogP contribution in [0.25, 0.3) is 11.4 Å². The number of benzene rings is 2. The van der Waals surface area contributed by atoms with Gasteiger partial charge in [0.1, 0.15) is 11.6 Å². The molecule has 1 unspecified atom stereocenters. The number of aromatic nitrogens is 2. The van der Waals surface area contributed by atoms with Crippen LogP contribution in [0.2, 0.25) is 0 Å². The molecular formula is C20H20FN3O3. The van der Waals surface area contributed by atoms with E-state index < -0.39 is 0 Å². The van der Waals surface area contributed by atoms with Gasteiger partial charge in [-0.3, -0.25) is 4.79 Å². The fourth-order valence-electron chi connectivity index (χ4n) is 2.59. The maximum absolute atomic E-state index is 12.9. The van der Waals surface area contributed by atoms with E-state index in [1.54, 1.807) is 19.2 Å². The SMILES string of the molecule is COc1ccc(-c2noc(CNC(=O)C(C)Cc3ccc(F)cc3)n2)cc1. The van der Waals surface area contributed by atoms with Gasteiger partial charge in [-0.2, -0.15) is 4.98 Å². The Morgan fingerprint density at radius 1 is 1.19 bits per heavy atom. The van der Waals surface area contributed by atoms with Crippen LogP contribution >= 0.6 is 0 Å². The molecule has 1 atom stereocenters. The van der Waals surface area contributed by atoms with Crippen LogP contribution < -0.4 is 10.1 Å². The number of nitrogens with zero attached hydrogens (tertiary/aromatic N) is 2. The lowest BCUT2D eigenvalue weighted by molar-refractivity contribution is -0.124. The third-order valence-corrected chi connectivity index (χ3v) is 4.13. The number of hydrogen-bond donors (Lipinski definition) is 1. The van der Waals surface area contributed by atoms with Crippen LogP contribution in [0, 0.1) is 11.7 Å². The van der Waals surface area contributed by atoms with Crippen molar-refractivity contribution < 1.29 is 18.4 Å². The van der Waals surface area contributed by atoms with Gasteiger partial charge in [-0.05, 0) is 48.4 Å². The standard InChI is InChI=1S/C20H20FN3O3/c1-13(11-14-3-7-16(21)8-4-14)20(25)22-12-18-23-19(24-27-18)15-5-9-17(26-2)10-6-15/h3-10,13H,11-12H2,1-2H3,(H,22,25). The number of methoxy groups -OCH3 is 1. The number of ether oxygens (including phenoxy) is 1. The average molecular weight is 369 g/mol. The smallest absolute Gasteiger partial charge is 0.246 e. The van der Waals surface area contributed by atoms with Gasteiger partial charge in [0.25, 0.3) is 0 Å². The van der Waals surface area contributed by atoms with Crippen LogP contribution in [0.4, 0.5) is 4.39 Å². The van der Waals surface area contributed by atoms with Gasteiger partial charge < -0.3 is 14.6 Å². The van der Waals surface area contributed by atoms with Crippen molar-refractivity contribution in [1.82, 2.24) is 15.5 Å². The number of nitrogens with one attached hydrogen (secondary N) is 1. The molecule has 0 aliphatic rings. The Morgan fingerprint density at radius 2 is 1.89 bits per heavy atom. The lowest BCUT2D eigenvalue weighted by Gasteiger charge is -2.11. The highest BCUT2D eigenvalue weighted by Gasteiger charge is 2.15. The van der Waals surface area contributed by atoms with Crippen molar-refractivity contribution in [1.29, 1.82) is 0 Å². The lowest BCUT2D eigenvalue weighted by atomic mass is 10.0. The molecule has 0 saturated carbocycles. The summed E-state index contributed by atoms with van der Waals surface area (Å²) in [5.74, 6) is 0.817. The number of hydrogen-bond acceptors (Lipinski definition) is 5. The quantitative estimate of drug-likeness (QED) is 0.691. The molecule has 0 saturated heterocycles. The van der Waals surface area contributed by atoms with Gasteiger partial charge in [0.2, 0.25) is 17.6 Å². The van der Waals surface area contributed by atoms with Crippen molar-refractivity contribution in [3.63, 3.8) is 0 Å². The van der Waals surface area contributed by atoms with Gasteiger partial charge in [0.15, 0.2) is 0 Å². The first-order chi connectivity index (χ1) is 13.0. The van der Waals surface area contributed by atoms with Gasteiger partial charge >= 0.3 is 0 Å². The molecule has 0 bridgehead atoms. The molecule has 1 amide bonds. The molecule has 0 fully saturated rings. The van der Waals surface area contributed by atoms with E-state index >= 15 is 0 Å². The minimum Gasteiger partial charge on any atom is -0.497 e. The van der Waals surface area contributed by atoms with E-state index in [0.29, 0.717) is 18.1 Å². The summed E-state index contributed by atoms with van der Waals surface area (Å²) in [7, 11) is 1.60. The predicted molar refractivity (Wildman–Crippen MR) is 97.4 cm³/mol. The fourth-order valence-corrected chi connectivity index (χ4v) is 2.59. The van der Waals surface area contributed by atoms with Gasteiger partial charge in [-0.15, -0.1) is 0 Å². The second kappa shape index (κ2) is 8.44. The normalized spacial score (nSPS) is 11.8. The van der Waals surface area contributed by atoms with E-state index in [1.165, 1.54) is 12.1 Å². The number of carbonyl (C=O) groups excluding carboxylic acids is 1. The third-order valence-electron chi connectivity index (χ3n) is 4.13. The van der Waals surface area contributed by atoms with Crippen molar-refractivity contribution in [3.05, 3.63) is 65.8 Å². The predicted octanol–water partition coefficient (Wildman–Crippen LogP) is 3.38. The number of halogens is 1. The van der Waals surface area contributed by atoms with Crippen molar-refractivity contribution in [3.8, 4) is 17.1 Å². The fraction of sp³-hybridized carbons (Fsp3) is 0.250. The Bertz CT molecular complexity index is 892. The summed E-state index contributed by atoms with van der Waals surface area (Å²) in [4.78, 5) is 16.5. The van der Waals surface area contributed by atoms with Gasteiger partial charge in [0, 0.05) is 11.5 Å². The zero-order chi connectivity index (χ0) is 19.2. The highest BCUT2D eigenvalue weighted by Crippen LogP contribution is 2.19. The molecule has 6 nitrogen and oxygen atoms in total. The summed E-state index contributed by atoms with van der Waals surface area (Å²) in [6.45, 7) is 1.96. The second-order valence-electron chi connectivity index (χ2n) is 6.19. The molecule has 7 heteroatoms. The van der Waals surface area contributed by atoms with Gasteiger partial charge in [0.05, 0.1) is 13.7 Å². The summed E-state index contributed by atoms with van der Waals surface area (Å²) in [6, 6.07) is 13.4. The summed E-state index contributed by atoms with van der Waals surface area (Å²) >= 11 is 0. The van der Waals surface area contributed by atoms with Crippen molar-refractivity contribution >= 4 is 5.91 Å². The molecule has 0 radical (unpaired) electrons. The molecule has 1 heterocycles. The minimum atomic E-state index is -0.292. The molecule has 140 valence electrons. The molecule has 0 aliphatic carbocycles. The minimum absolute atomic E-state index is 0.136. The molecule has 3 rings (SSSR count). The van der Waals surface area contributed by atoms with Crippen LogP contribution in [0.15, 0.2) is 53.1 Å².